The van der Waals surface area contributed by atoms with Crippen molar-refractivity contribution in [3.05, 3.63) is 0 Å². The monoisotopic (exact) mass is 686 g/mol. The van der Waals surface area contributed by atoms with E-state index in [-0.39, 0.29) is 19.6 Å². The van der Waals surface area contributed by atoms with E-state index < -0.39 is 123 Å². The van der Waals surface area contributed by atoms with Gasteiger partial charge in [-0.3, -0.25) is 0 Å². The molecule has 0 aromatic heterocycles. The highest BCUT2D eigenvalue weighted by atomic mass is 16.8. The lowest BCUT2D eigenvalue weighted by Gasteiger charge is -2.47. The largest absolute Gasteiger partial charge is 0.394 e. The lowest BCUT2D eigenvalue weighted by molar-refractivity contribution is -0.310. The average Bonchev–Trinajstić information content (AvgIpc) is 3.32. The third-order valence-electron chi connectivity index (χ3n) is 9.10. The molecule has 276 valence electrons. The van der Waals surface area contributed by atoms with E-state index in [1.807, 2.05) is 19.0 Å². The second-order valence-electron chi connectivity index (χ2n) is 12.9. The summed E-state index contributed by atoms with van der Waals surface area (Å²) in [4.78, 5) is 1.90. The molecule has 1 saturated carbocycles. The van der Waals surface area contributed by atoms with Crippen LogP contribution in [0, 0.1) is 0 Å². The number of nitrogens with zero attached hydrogens (tertiary/aromatic N) is 1. The van der Waals surface area contributed by atoms with Crippen LogP contribution in [0.5, 0.6) is 0 Å². The first-order valence-corrected chi connectivity index (χ1v) is 15.8. The topological polar surface area (TPSA) is 340 Å². The highest BCUT2D eigenvalue weighted by Crippen LogP contribution is 2.34. The molecule has 19 atom stereocenters. The van der Waals surface area contributed by atoms with E-state index in [9.17, 15) is 35.7 Å². The van der Waals surface area contributed by atoms with E-state index in [1.165, 1.54) is 0 Å². The second kappa shape index (κ2) is 16.9. The smallest absolute Gasteiger partial charge is 0.187 e. The summed E-state index contributed by atoms with van der Waals surface area (Å²) in [7, 11) is 3.73. The SMILES string of the molecule is CN(C)CCOC[C@H]1O[C@@H](O[C@@H]2[C@@H](O)[C@H](N)C[C@H](N)[C@H]2O[C@H]2O[C@H](CO)[C@@H](O)[C@H](O)[C@H]2N)[C@H](O)[C@@H]1O[C@H]1O[C@@H](CN)[C@@H](O)[C@H](O)[C@H]1N. The molecule has 4 rings (SSSR count). The minimum Gasteiger partial charge on any atom is -0.394 e. The van der Waals surface area contributed by atoms with Crippen molar-refractivity contribution in [3.63, 3.8) is 0 Å². The van der Waals surface area contributed by atoms with Crippen LogP contribution in [-0.2, 0) is 33.2 Å². The number of ether oxygens (including phenoxy) is 7. The van der Waals surface area contributed by atoms with Crippen LogP contribution in [0.25, 0.3) is 0 Å². The highest BCUT2D eigenvalue weighted by molar-refractivity contribution is 5.02. The Labute approximate surface area is 272 Å². The Morgan fingerprint density at radius 1 is 0.638 bits per heavy atom. The standard InChI is InChI=1S/C27H54N6O14/c1-33(2)3-4-41-8-13-23(46-25-14(31)19(38)17(36)11(6-28)42-25)21(40)27(44-13)47-24-16(35)9(29)5-10(30)22(24)45-26-15(32)20(39)18(37)12(7-34)43-26/h9-27,34-40H,3-8,28-32H2,1-2H3/t9-,10+,11+,12-,13-,14-,15-,16+,17-,18-,19-,20-,21-,22-,23-,24-,25-,26-,27+/m1/s1. The van der Waals surface area contributed by atoms with Crippen molar-refractivity contribution in [3.8, 4) is 0 Å². The maximum Gasteiger partial charge on any atom is 0.187 e. The van der Waals surface area contributed by atoms with Crippen LogP contribution < -0.4 is 28.7 Å². The van der Waals surface area contributed by atoms with Crippen LogP contribution in [0.3, 0.4) is 0 Å². The Hall–Kier alpha value is -0.800. The van der Waals surface area contributed by atoms with E-state index in [0.29, 0.717) is 13.2 Å². The number of aliphatic hydroxyl groups excluding tert-OH is 7. The van der Waals surface area contributed by atoms with Crippen molar-refractivity contribution >= 4 is 0 Å². The Morgan fingerprint density at radius 2 is 1.17 bits per heavy atom. The Balaban J connectivity index is 1.53. The van der Waals surface area contributed by atoms with Gasteiger partial charge in [-0.15, -0.1) is 0 Å². The molecule has 0 amide bonds. The summed E-state index contributed by atoms with van der Waals surface area (Å²) in [5.74, 6) is 0. The first-order valence-electron chi connectivity index (χ1n) is 15.8. The summed E-state index contributed by atoms with van der Waals surface area (Å²) in [6.45, 7) is 0.00725. The minimum absolute atomic E-state index is 0.0808. The summed E-state index contributed by atoms with van der Waals surface area (Å²) in [5.41, 5.74) is 30.4. The van der Waals surface area contributed by atoms with Crippen molar-refractivity contribution in [2.45, 2.75) is 123 Å². The Morgan fingerprint density at radius 3 is 1.74 bits per heavy atom. The van der Waals surface area contributed by atoms with Crippen LogP contribution in [0.1, 0.15) is 6.42 Å². The van der Waals surface area contributed by atoms with Gasteiger partial charge in [-0.25, -0.2) is 0 Å². The van der Waals surface area contributed by atoms with Gasteiger partial charge in [-0.05, 0) is 20.5 Å². The molecule has 0 spiro atoms. The van der Waals surface area contributed by atoms with Crippen LogP contribution >= 0.6 is 0 Å². The van der Waals surface area contributed by atoms with Gasteiger partial charge in [0.15, 0.2) is 18.9 Å². The average molecular weight is 687 g/mol. The lowest BCUT2D eigenvalue weighted by Crippen LogP contribution is -2.68. The van der Waals surface area contributed by atoms with E-state index in [4.69, 9.17) is 61.8 Å². The Bertz CT molecular complexity index is 962. The molecule has 0 aromatic rings. The maximum absolute atomic E-state index is 11.5. The van der Waals surface area contributed by atoms with Gasteiger partial charge in [0.05, 0.1) is 38.0 Å². The predicted molar refractivity (Wildman–Crippen MR) is 159 cm³/mol. The third kappa shape index (κ3) is 8.75. The fourth-order valence-electron chi connectivity index (χ4n) is 6.13. The van der Waals surface area contributed by atoms with Crippen molar-refractivity contribution in [1.29, 1.82) is 0 Å². The second-order valence-corrected chi connectivity index (χ2v) is 12.9. The van der Waals surface area contributed by atoms with Crippen molar-refractivity contribution in [2.24, 2.45) is 28.7 Å². The molecule has 0 bridgehead atoms. The molecular weight excluding hydrogens is 632 g/mol. The van der Waals surface area contributed by atoms with Gasteiger partial charge >= 0.3 is 0 Å². The number of hydrogen-bond donors (Lipinski definition) is 12. The van der Waals surface area contributed by atoms with Gasteiger partial charge in [0.1, 0.15) is 67.1 Å². The molecule has 4 fully saturated rings. The first kappa shape index (κ1) is 39.0. The fraction of sp³-hybridized carbons (Fsp3) is 1.00. The molecule has 3 aliphatic heterocycles. The zero-order chi connectivity index (χ0) is 34.7. The van der Waals surface area contributed by atoms with Crippen LogP contribution in [0.4, 0.5) is 0 Å². The van der Waals surface area contributed by atoms with E-state index in [1.54, 1.807) is 0 Å². The number of likely N-dealkylation sites (N-methyl/N-ethyl adjacent to an activating group) is 1. The molecule has 3 saturated heterocycles. The van der Waals surface area contributed by atoms with Crippen molar-refractivity contribution in [2.75, 3.05) is 47.0 Å². The Kier molecular flexibility index (Phi) is 14.1. The number of rotatable bonds is 13. The molecule has 20 heteroatoms. The molecule has 0 aromatic carbocycles. The third-order valence-corrected chi connectivity index (χ3v) is 9.10. The van der Waals surface area contributed by atoms with E-state index >= 15 is 0 Å². The summed E-state index contributed by atoms with van der Waals surface area (Å²) < 4.78 is 41.3. The molecule has 0 unspecified atom stereocenters. The van der Waals surface area contributed by atoms with Crippen LogP contribution in [0.2, 0.25) is 0 Å². The van der Waals surface area contributed by atoms with Crippen molar-refractivity contribution in [1.82, 2.24) is 4.90 Å². The predicted octanol–water partition coefficient (Wildman–Crippen LogP) is -8.28. The van der Waals surface area contributed by atoms with Gasteiger partial charge < -0.3 is 102 Å². The summed E-state index contributed by atoms with van der Waals surface area (Å²) in [5, 5.41) is 73.6. The molecule has 20 nitrogen and oxygen atoms in total. The normalized spacial score (nSPS) is 49.5. The van der Waals surface area contributed by atoms with Gasteiger partial charge in [0, 0.05) is 25.2 Å². The van der Waals surface area contributed by atoms with Gasteiger partial charge in [-0.2, -0.15) is 0 Å². The van der Waals surface area contributed by atoms with Crippen LogP contribution in [-0.4, -0.2) is 204 Å². The molecule has 47 heavy (non-hydrogen) atoms. The zero-order valence-corrected chi connectivity index (χ0v) is 26.5. The molecule has 17 N–H and O–H groups in total. The lowest BCUT2D eigenvalue weighted by atomic mass is 9.84. The van der Waals surface area contributed by atoms with Crippen LogP contribution in [0.15, 0.2) is 0 Å². The summed E-state index contributed by atoms with van der Waals surface area (Å²) in [6, 6.07) is -4.23. The first-order chi connectivity index (χ1) is 22.2. The molecular formula is C27H54N6O14. The van der Waals surface area contributed by atoms with Gasteiger partial charge in [0.2, 0.25) is 0 Å². The fourth-order valence-corrected chi connectivity index (χ4v) is 6.13. The minimum atomic E-state index is -1.56. The number of hydrogen-bond acceptors (Lipinski definition) is 20. The summed E-state index contributed by atoms with van der Waals surface area (Å²) >= 11 is 0. The van der Waals surface area contributed by atoms with E-state index in [0.717, 1.165) is 0 Å². The number of nitrogens with two attached hydrogens (primary N) is 5. The molecule has 3 heterocycles. The van der Waals surface area contributed by atoms with E-state index in [2.05, 4.69) is 0 Å². The van der Waals surface area contributed by atoms with Gasteiger partial charge in [0.25, 0.3) is 0 Å². The quantitative estimate of drug-likeness (QED) is 0.0800. The summed E-state index contributed by atoms with van der Waals surface area (Å²) in [6.07, 6.45) is -19.8. The molecule has 1 aliphatic carbocycles. The zero-order valence-electron chi connectivity index (χ0n) is 26.5. The number of aliphatic hydroxyl groups is 7. The maximum atomic E-state index is 11.5. The highest BCUT2D eigenvalue weighted by Gasteiger charge is 2.54. The molecule has 4 aliphatic rings. The van der Waals surface area contributed by atoms with Gasteiger partial charge in [-0.1, -0.05) is 0 Å². The molecule has 0 radical (unpaired) electrons. The van der Waals surface area contributed by atoms with Crippen molar-refractivity contribution < 1.29 is 68.9 Å².